The van der Waals surface area contributed by atoms with Crippen molar-refractivity contribution in [2.45, 2.75) is 59.7 Å². The molecule has 4 rings (SSSR count). The highest BCUT2D eigenvalue weighted by molar-refractivity contribution is 5.75. The number of aryl methyl sites for hydroxylation is 2. The third-order valence-corrected chi connectivity index (χ3v) is 5.94. The molecule has 1 unspecified atom stereocenters. The second-order valence-corrected chi connectivity index (χ2v) is 8.33. The van der Waals surface area contributed by atoms with E-state index in [1.54, 1.807) is 0 Å². The Morgan fingerprint density at radius 3 is 2.70 bits per heavy atom. The molecular formula is C27H34N2O4. The first-order valence-electron chi connectivity index (χ1n) is 11.1. The first kappa shape index (κ1) is 24.5. The monoisotopic (exact) mass is 450 g/mol. The molecule has 1 aliphatic rings. The van der Waals surface area contributed by atoms with Crippen molar-refractivity contribution in [3.05, 3.63) is 71.1 Å². The number of carbonyl (C=O) groups excluding carboxylic acids is 1. The van der Waals surface area contributed by atoms with Gasteiger partial charge >= 0.3 is 5.97 Å². The molecule has 0 saturated carbocycles. The number of ether oxygens (including phenoxy) is 2. The highest BCUT2D eigenvalue weighted by atomic mass is 16.5. The molecule has 33 heavy (non-hydrogen) atoms. The average Bonchev–Trinajstić information content (AvgIpc) is 3.18. The summed E-state index contributed by atoms with van der Waals surface area (Å²) < 4.78 is 16.9. The number of carbonyl (C=O) groups is 1. The van der Waals surface area contributed by atoms with E-state index in [0.29, 0.717) is 19.0 Å². The number of aromatic nitrogens is 1. The molecule has 0 spiro atoms. The van der Waals surface area contributed by atoms with Crippen LogP contribution in [0.4, 0.5) is 0 Å². The molecule has 1 atom stereocenters. The van der Waals surface area contributed by atoms with E-state index >= 15 is 0 Å². The Kier molecular flexibility index (Phi) is 8.28. The fraction of sp³-hybridized carbons (Fsp3) is 0.407. The van der Waals surface area contributed by atoms with Gasteiger partial charge in [-0.2, -0.15) is 0 Å². The summed E-state index contributed by atoms with van der Waals surface area (Å²) in [4.78, 5) is 19.0. The standard InChI is InChI=1S/C26H30N2O4.CH4/c1-18-10-12-21(13-11-18)25-27-23(19(2)32-25)17-31-22-8-6-7-20(15-22)16-28-14-5-4-9-24(28)26(29)30-3;/h6-8,10-13,15,24H,4-5,9,14,16-17H2,1-3H3;1H4. The maximum atomic E-state index is 12.1. The summed E-state index contributed by atoms with van der Waals surface area (Å²) in [5.41, 5.74) is 4.04. The molecule has 0 N–H and O–H groups in total. The average molecular weight is 451 g/mol. The van der Waals surface area contributed by atoms with Crippen molar-refractivity contribution in [2.24, 2.45) is 0 Å². The van der Waals surface area contributed by atoms with Gasteiger partial charge in [-0.3, -0.25) is 9.69 Å². The van der Waals surface area contributed by atoms with Crippen molar-refractivity contribution >= 4 is 5.97 Å². The summed E-state index contributed by atoms with van der Waals surface area (Å²) in [5.74, 6) is 1.98. The SMILES string of the molecule is C.COC(=O)C1CCCCN1Cc1cccc(OCc2nc(-c3ccc(C)cc3)oc2C)c1. The first-order chi connectivity index (χ1) is 15.5. The smallest absolute Gasteiger partial charge is 0.323 e. The molecule has 0 amide bonds. The third-order valence-electron chi connectivity index (χ3n) is 5.94. The van der Waals surface area contributed by atoms with Crippen molar-refractivity contribution in [1.82, 2.24) is 9.88 Å². The van der Waals surface area contributed by atoms with Gasteiger partial charge < -0.3 is 13.9 Å². The molecule has 0 bridgehead atoms. The number of esters is 1. The maximum absolute atomic E-state index is 12.1. The highest BCUT2D eigenvalue weighted by Gasteiger charge is 2.29. The molecule has 2 aromatic carbocycles. The van der Waals surface area contributed by atoms with Gasteiger partial charge in [0.15, 0.2) is 0 Å². The van der Waals surface area contributed by atoms with Crippen molar-refractivity contribution in [3.63, 3.8) is 0 Å². The van der Waals surface area contributed by atoms with Crippen LogP contribution >= 0.6 is 0 Å². The summed E-state index contributed by atoms with van der Waals surface area (Å²) in [6.45, 7) is 5.88. The molecule has 0 radical (unpaired) electrons. The number of methoxy groups -OCH3 is 1. The molecule has 1 saturated heterocycles. The first-order valence-corrected chi connectivity index (χ1v) is 11.1. The predicted octanol–water partition coefficient (Wildman–Crippen LogP) is 5.70. The second kappa shape index (κ2) is 11.1. The Morgan fingerprint density at radius 2 is 1.94 bits per heavy atom. The van der Waals surface area contributed by atoms with E-state index in [2.05, 4.69) is 22.9 Å². The van der Waals surface area contributed by atoms with E-state index in [1.165, 1.54) is 12.7 Å². The Hall–Kier alpha value is -3.12. The van der Waals surface area contributed by atoms with Gasteiger partial charge in [-0.25, -0.2) is 4.98 Å². The molecule has 6 heteroatoms. The van der Waals surface area contributed by atoms with Crippen LogP contribution < -0.4 is 4.74 Å². The Bertz CT molecular complexity index is 1060. The number of rotatable bonds is 7. The zero-order chi connectivity index (χ0) is 22.5. The van der Waals surface area contributed by atoms with Crippen molar-refractivity contribution < 1.29 is 18.7 Å². The van der Waals surface area contributed by atoms with Crippen LogP contribution in [0.5, 0.6) is 5.75 Å². The predicted molar refractivity (Wildman–Crippen MR) is 129 cm³/mol. The van der Waals surface area contributed by atoms with Gasteiger partial charge in [-0.15, -0.1) is 0 Å². The van der Waals surface area contributed by atoms with Crippen molar-refractivity contribution in [2.75, 3.05) is 13.7 Å². The Morgan fingerprint density at radius 1 is 1.15 bits per heavy atom. The van der Waals surface area contributed by atoms with Gasteiger partial charge in [0.05, 0.1) is 7.11 Å². The van der Waals surface area contributed by atoms with E-state index in [4.69, 9.17) is 13.9 Å². The lowest BCUT2D eigenvalue weighted by Crippen LogP contribution is -2.44. The number of oxazole rings is 1. The molecule has 176 valence electrons. The number of hydrogen-bond donors (Lipinski definition) is 0. The van der Waals surface area contributed by atoms with Crippen LogP contribution in [0.3, 0.4) is 0 Å². The lowest BCUT2D eigenvalue weighted by atomic mass is 10.0. The van der Waals surface area contributed by atoms with Gasteiger partial charge in [0.1, 0.15) is 29.9 Å². The van der Waals surface area contributed by atoms with E-state index in [-0.39, 0.29) is 19.4 Å². The van der Waals surface area contributed by atoms with Gasteiger partial charge in [0.25, 0.3) is 0 Å². The van der Waals surface area contributed by atoms with Crippen LogP contribution in [-0.2, 0) is 22.7 Å². The van der Waals surface area contributed by atoms with Crippen LogP contribution in [0.2, 0.25) is 0 Å². The van der Waals surface area contributed by atoms with Crippen molar-refractivity contribution in [3.8, 4) is 17.2 Å². The number of nitrogens with zero attached hydrogens (tertiary/aromatic N) is 2. The topological polar surface area (TPSA) is 64.8 Å². The molecule has 3 aromatic rings. The van der Waals surface area contributed by atoms with Gasteiger partial charge in [0, 0.05) is 12.1 Å². The normalized spacial score (nSPS) is 16.2. The summed E-state index contributed by atoms with van der Waals surface area (Å²) in [7, 11) is 1.46. The van der Waals surface area contributed by atoms with Gasteiger partial charge in [0.2, 0.25) is 5.89 Å². The van der Waals surface area contributed by atoms with E-state index in [9.17, 15) is 4.79 Å². The highest BCUT2D eigenvalue weighted by Crippen LogP contribution is 2.25. The largest absolute Gasteiger partial charge is 0.487 e. The molecule has 2 heterocycles. The summed E-state index contributed by atoms with van der Waals surface area (Å²) in [5, 5.41) is 0. The number of benzene rings is 2. The zero-order valence-corrected chi connectivity index (χ0v) is 19.0. The number of hydrogen-bond acceptors (Lipinski definition) is 6. The minimum atomic E-state index is -0.170. The van der Waals surface area contributed by atoms with Gasteiger partial charge in [-0.1, -0.05) is 43.7 Å². The second-order valence-electron chi connectivity index (χ2n) is 8.33. The maximum Gasteiger partial charge on any atom is 0.323 e. The molecule has 1 aliphatic heterocycles. The van der Waals surface area contributed by atoms with Crippen LogP contribution in [0, 0.1) is 13.8 Å². The van der Waals surface area contributed by atoms with Crippen LogP contribution in [0.25, 0.3) is 11.5 Å². The van der Waals surface area contributed by atoms with E-state index in [0.717, 1.165) is 54.1 Å². The number of piperidine rings is 1. The van der Waals surface area contributed by atoms with Crippen LogP contribution in [-0.4, -0.2) is 35.5 Å². The minimum absolute atomic E-state index is 0. The van der Waals surface area contributed by atoms with Gasteiger partial charge in [-0.05, 0) is 63.1 Å². The zero-order valence-electron chi connectivity index (χ0n) is 19.0. The van der Waals surface area contributed by atoms with E-state index < -0.39 is 0 Å². The van der Waals surface area contributed by atoms with E-state index in [1.807, 2.05) is 49.4 Å². The third kappa shape index (κ3) is 6.02. The minimum Gasteiger partial charge on any atom is -0.487 e. The van der Waals surface area contributed by atoms with Crippen molar-refractivity contribution in [1.29, 1.82) is 0 Å². The molecule has 6 nitrogen and oxygen atoms in total. The Labute approximate surface area is 196 Å². The fourth-order valence-electron chi connectivity index (χ4n) is 4.08. The summed E-state index contributed by atoms with van der Waals surface area (Å²) in [6.07, 6.45) is 3.00. The Balaban J connectivity index is 0.00000306. The molecule has 1 aromatic heterocycles. The molecular weight excluding hydrogens is 416 g/mol. The molecule has 0 aliphatic carbocycles. The lowest BCUT2D eigenvalue weighted by molar-refractivity contribution is -0.148. The lowest BCUT2D eigenvalue weighted by Gasteiger charge is -2.33. The number of likely N-dealkylation sites (tertiary alicyclic amines) is 1. The summed E-state index contributed by atoms with van der Waals surface area (Å²) in [6, 6.07) is 16.0. The fourth-order valence-corrected chi connectivity index (χ4v) is 4.08. The quantitative estimate of drug-likeness (QED) is 0.430. The molecule has 1 fully saturated rings. The summed E-state index contributed by atoms with van der Waals surface area (Å²) >= 11 is 0. The van der Waals surface area contributed by atoms with Crippen LogP contribution in [0.15, 0.2) is 52.9 Å². The van der Waals surface area contributed by atoms with Crippen LogP contribution in [0.1, 0.15) is 49.3 Å².